The van der Waals surface area contributed by atoms with Crippen LogP contribution in [0.25, 0.3) is 0 Å². The van der Waals surface area contributed by atoms with Gasteiger partial charge < -0.3 is 15.0 Å². The second-order valence-corrected chi connectivity index (χ2v) is 9.63. The molecule has 2 unspecified atom stereocenters. The molecule has 2 bridgehead atoms. The number of carbonyl (C=O) groups is 1. The van der Waals surface area contributed by atoms with Crippen LogP contribution in [0.2, 0.25) is 0 Å². The third-order valence-corrected chi connectivity index (χ3v) is 6.42. The third kappa shape index (κ3) is 4.56. The molecule has 3 aliphatic rings. The van der Waals surface area contributed by atoms with Gasteiger partial charge in [-0.1, -0.05) is 0 Å². The van der Waals surface area contributed by atoms with Gasteiger partial charge in [-0.05, 0) is 83.3 Å². The van der Waals surface area contributed by atoms with Gasteiger partial charge in [0.1, 0.15) is 5.60 Å². The number of nitrogens with one attached hydrogen (secondary N) is 1. The fourth-order valence-electron chi connectivity index (χ4n) is 4.24. The lowest BCUT2D eigenvalue weighted by atomic mass is 9.96. The SMILES string of the molecule is CC(C)(C)OC(=O)N1C2CCC1CC(NCC1CCSCC1)C2. The summed E-state index contributed by atoms with van der Waals surface area (Å²) in [5.74, 6) is 3.52. The highest BCUT2D eigenvalue weighted by atomic mass is 32.2. The Morgan fingerprint density at radius 3 is 2.30 bits per heavy atom. The van der Waals surface area contributed by atoms with Crippen LogP contribution in [0, 0.1) is 5.92 Å². The van der Waals surface area contributed by atoms with Crippen molar-refractivity contribution >= 4 is 17.9 Å². The molecule has 0 aromatic rings. The lowest BCUT2D eigenvalue weighted by molar-refractivity contribution is 0.00458. The molecular formula is C18H32N2O2S. The fourth-order valence-corrected chi connectivity index (χ4v) is 5.44. The Kier molecular flexibility index (Phi) is 5.46. The number of amides is 1. The maximum absolute atomic E-state index is 12.5. The molecule has 3 heterocycles. The van der Waals surface area contributed by atoms with E-state index in [-0.39, 0.29) is 6.09 Å². The van der Waals surface area contributed by atoms with E-state index in [1.807, 2.05) is 25.7 Å². The van der Waals surface area contributed by atoms with Crippen molar-refractivity contribution in [1.29, 1.82) is 0 Å². The van der Waals surface area contributed by atoms with E-state index in [9.17, 15) is 4.79 Å². The molecule has 0 saturated carbocycles. The van der Waals surface area contributed by atoms with Gasteiger partial charge in [0.2, 0.25) is 0 Å². The Balaban J connectivity index is 1.49. The van der Waals surface area contributed by atoms with Crippen molar-refractivity contribution in [3.63, 3.8) is 0 Å². The Morgan fingerprint density at radius 1 is 1.13 bits per heavy atom. The number of carbonyl (C=O) groups excluding carboxylic acids is 1. The summed E-state index contributed by atoms with van der Waals surface area (Å²) in [6.45, 7) is 7.01. The predicted octanol–water partition coefficient (Wildman–Crippen LogP) is 3.65. The zero-order valence-corrected chi connectivity index (χ0v) is 15.7. The molecule has 0 aromatic heterocycles. The monoisotopic (exact) mass is 340 g/mol. The molecule has 2 atom stereocenters. The number of piperidine rings is 1. The smallest absolute Gasteiger partial charge is 0.410 e. The van der Waals surface area contributed by atoms with Gasteiger partial charge in [0.15, 0.2) is 0 Å². The summed E-state index contributed by atoms with van der Waals surface area (Å²) in [5, 5.41) is 3.81. The molecular weight excluding hydrogens is 308 g/mol. The topological polar surface area (TPSA) is 41.6 Å². The van der Waals surface area contributed by atoms with E-state index >= 15 is 0 Å². The van der Waals surface area contributed by atoms with E-state index in [1.165, 1.54) is 24.3 Å². The molecule has 0 aliphatic carbocycles. The normalized spacial score (nSPS) is 32.1. The molecule has 23 heavy (non-hydrogen) atoms. The third-order valence-electron chi connectivity index (χ3n) is 5.37. The summed E-state index contributed by atoms with van der Waals surface area (Å²) in [5.41, 5.74) is -0.398. The Bertz CT molecular complexity index is 404. The lowest BCUT2D eigenvalue weighted by Gasteiger charge is -2.40. The van der Waals surface area contributed by atoms with Crippen molar-refractivity contribution in [3.05, 3.63) is 0 Å². The Morgan fingerprint density at radius 2 is 1.74 bits per heavy atom. The molecule has 0 aromatic carbocycles. The zero-order valence-electron chi connectivity index (χ0n) is 14.8. The minimum absolute atomic E-state index is 0.104. The van der Waals surface area contributed by atoms with Crippen molar-refractivity contribution in [3.8, 4) is 0 Å². The van der Waals surface area contributed by atoms with Crippen LogP contribution in [0.1, 0.15) is 59.3 Å². The number of nitrogens with zero attached hydrogens (tertiary/aromatic N) is 1. The van der Waals surface area contributed by atoms with Crippen LogP contribution in [-0.2, 0) is 4.74 Å². The number of fused-ring (bicyclic) bond motifs is 2. The van der Waals surface area contributed by atoms with Crippen LogP contribution in [0.3, 0.4) is 0 Å². The molecule has 5 heteroatoms. The molecule has 0 radical (unpaired) electrons. The van der Waals surface area contributed by atoms with E-state index in [0.717, 1.165) is 38.1 Å². The molecule has 132 valence electrons. The number of thioether (sulfide) groups is 1. The Hall–Kier alpha value is -0.420. The minimum Gasteiger partial charge on any atom is -0.444 e. The first kappa shape index (κ1) is 17.4. The summed E-state index contributed by atoms with van der Waals surface area (Å²) >= 11 is 2.09. The van der Waals surface area contributed by atoms with Crippen LogP contribution >= 0.6 is 11.8 Å². The average Bonchev–Trinajstić information content (AvgIpc) is 2.76. The summed E-state index contributed by atoms with van der Waals surface area (Å²) in [4.78, 5) is 14.5. The molecule has 1 N–H and O–H groups in total. The van der Waals surface area contributed by atoms with Crippen LogP contribution < -0.4 is 5.32 Å². The molecule has 4 nitrogen and oxygen atoms in total. The number of ether oxygens (including phenoxy) is 1. The molecule has 3 aliphatic heterocycles. The van der Waals surface area contributed by atoms with Crippen LogP contribution in [0.4, 0.5) is 4.79 Å². The maximum Gasteiger partial charge on any atom is 0.410 e. The molecule has 3 rings (SSSR count). The number of hydrogen-bond donors (Lipinski definition) is 1. The van der Waals surface area contributed by atoms with E-state index in [0.29, 0.717) is 18.1 Å². The first-order valence-corrected chi connectivity index (χ1v) is 10.4. The largest absolute Gasteiger partial charge is 0.444 e. The number of rotatable bonds is 3. The van der Waals surface area contributed by atoms with Crippen molar-refractivity contribution in [1.82, 2.24) is 10.2 Å². The number of hydrogen-bond acceptors (Lipinski definition) is 4. The second kappa shape index (κ2) is 7.22. The van der Waals surface area contributed by atoms with Crippen LogP contribution in [0.5, 0.6) is 0 Å². The predicted molar refractivity (Wildman–Crippen MR) is 96.0 cm³/mol. The van der Waals surface area contributed by atoms with Crippen molar-refractivity contribution in [2.75, 3.05) is 18.1 Å². The maximum atomic E-state index is 12.5. The van der Waals surface area contributed by atoms with Gasteiger partial charge in [-0.25, -0.2) is 4.79 Å². The minimum atomic E-state index is -0.398. The zero-order chi connectivity index (χ0) is 16.4. The van der Waals surface area contributed by atoms with Crippen LogP contribution in [-0.4, -0.2) is 52.8 Å². The highest BCUT2D eigenvalue weighted by Gasteiger charge is 2.44. The summed E-state index contributed by atoms with van der Waals surface area (Å²) in [6, 6.07) is 1.34. The quantitative estimate of drug-likeness (QED) is 0.851. The van der Waals surface area contributed by atoms with Gasteiger partial charge in [-0.2, -0.15) is 11.8 Å². The van der Waals surface area contributed by atoms with Crippen molar-refractivity contribution in [2.45, 2.75) is 83.0 Å². The summed E-state index contributed by atoms with van der Waals surface area (Å²) < 4.78 is 5.61. The van der Waals surface area contributed by atoms with Gasteiger partial charge in [0.05, 0.1) is 0 Å². The fraction of sp³-hybridized carbons (Fsp3) is 0.944. The summed E-state index contributed by atoms with van der Waals surface area (Å²) in [7, 11) is 0. The molecule has 0 spiro atoms. The lowest BCUT2D eigenvalue weighted by Crippen LogP contribution is -2.53. The Labute approximate surface area is 145 Å². The molecule has 1 amide bonds. The second-order valence-electron chi connectivity index (χ2n) is 8.40. The van der Waals surface area contributed by atoms with E-state index in [2.05, 4.69) is 17.1 Å². The first-order valence-electron chi connectivity index (χ1n) is 9.25. The van der Waals surface area contributed by atoms with Crippen molar-refractivity contribution in [2.24, 2.45) is 5.92 Å². The van der Waals surface area contributed by atoms with Gasteiger partial charge in [0, 0.05) is 18.1 Å². The van der Waals surface area contributed by atoms with E-state index in [1.54, 1.807) is 0 Å². The van der Waals surface area contributed by atoms with E-state index < -0.39 is 5.60 Å². The highest BCUT2D eigenvalue weighted by Crippen LogP contribution is 2.37. The first-order chi connectivity index (χ1) is 10.9. The van der Waals surface area contributed by atoms with Gasteiger partial charge in [-0.15, -0.1) is 0 Å². The van der Waals surface area contributed by atoms with Gasteiger partial charge in [-0.3, -0.25) is 0 Å². The van der Waals surface area contributed by atoms with E-state index in [4.69, 9.17) is 4.74 Å². The van der Waals surface area contributed by atoms with Crippen LogP contribution in [0.15, 0.2) is 0 Å². The summed E-state index contributed by atoms with van der Waals surface area (Å²) in [6.07, 6.45) is 7.09. The average molecular weight is 341 g/mol. The molecule has 3 fully saturated rings. The van der Waals surface area contributed by atoms with Gasteiger partial charge in [0.25, 0.3) is 0 Å². The highest BCUT2D eigenvalue weighted by molar-refractivity contribution is 7.99. The molecule has 3 saturated heterocycles. The van der Waals surface area contributed by atoms with Gasteiger partial charge >= 0.3 is 6.09 Å². The standard InChI is InChI=1S/C18H32N2O2S/c1-18(2,3)22-17(21)20-15-4-5-16(20)11-14(10-15)19-12-13-6-8-23-9-7-13/h13-16,19H,4-12H2,1-3H3. The van der Waals surface area contributed by atoms with Crippen molar-refractivity contribution < 1.29 is 9.53 Å².